The van der Waals surface area contributed by atoms with Gasteiger partial charge in [-0.05, 0) is 73.1 Å². The summed E-state index contributed by atoms with van der Waals surface area (Å²) >= 11 is 3.42. The number of benzene rings is 1. The van der Waals surface area contributed by atoms with Crippen molar-refractivity contribution in [1.82, 2.24) is 19.9 Å². The number of fused-ring (bicyclic) bond motifs is 1. The van der Waals surface area contributed by atoms with Crippen LogP contribution in [0.2, 0.25) is 0 Å². The summed E-state index contributed by atoms with van der Waals surface area (Å²) in [7, 11) is 0. The molecule has 0 amide bonds. The van der Waals surface area contributed by atoms with Crippen molar-refractivity contribution in [1.29, 1.82) is 0 Å². The summed E-state index contributed by atoms with van der Waals surface area (Å²) in [6.07, 6.45) is 2.08. The number of nitrogens with zero attached hydrogens (tertiary/aromatic N) is 3. The normalized spacial score (nSPS) is 16.5. The Morgan fingerprint density at radius 1 is 1.19 bits per heavy atom. The Kier molecular flexibility index (Phi) is 5.71. The van der Waals surface area contributed by atoms with E-state index in [1.807, 2.05) is 43.3 Å². The number of halogens is 1. The van der Waals surface area contributed by atoms with Crippen LogP contribution in [-0.4, -0.2) is 33.7 Å². The van der Waals surface area contributed by atoms with Gasteiger partial charge in [0.1, 0.15) is 11.3 Å². The Morgan fingerprint density at radius 3 is 2.81 bits per heavy atom. The van der Waals surface area contributed by atoms with Gasteiger partial charge in [-0.1, -0.05) is 18.2 Å². The van der Waals surface area contributed by atoms with Gasteiger partial charge in [0.05, 0.1) is 22.8 Å². The Balaban J connectivity index is 1.54. The predicted molar refractivity (Wildman–Crippen MR) is 111 cm³/mol. The highest BCUT2D eigenvalue weighted by Crippen LogP contribution is 2.24. The molecule has 3 heterocycles. The van der Waals surface area contributed by atoms with Crippen molar-refractivity contribution in [3.05, 3.63) is 52.8 Å². The lowest BCUT2D eigenvalue weighted by Crippen LogP contribution is -2.36. The maximum absolute atomic E-state index is 6.15. The number of piperidine rings is 1. The van der Waals surface area contributed by atoms with E-state index in [0.29, 0.717) is 12.8 Å². The molecular formula is C20H24BrN5O. The van der Waals surface area contributed by atoms with Gasteiger partial charge in [-0.3, -0.25) is 4.57 Å². The van der Waals surface area contributed by atoms with Crippen LogP contribution >= 0.6 is 15.9 Å². The molecule has 0 saturated carbocycles. The molecule has 1 saturated heterocycles. The molecule has 4 rings (SSSR count). The molecule has 2 aromatic heterocycles. The van der Waals surface area contributed by atoms with Crippen LogP contribution in [0.15, 0.2) is 47.1 Å². The van der Waals surface area contributed by atoms with Crippen LogP contribution in [0.4, 0.5) is 5.95 Å². The van der Waals surface area contributed by atoms with Crippen LogP contribution in [-0.2, 0) is 11.5 Å². The lowest BCUT2D eigenvalue weighted by atomic mass is 10.1. The average molecular weight is 430 g/mol. The van der Waals surface area contributed by atoms with Crippen LogP contribution < -0.4 is 10.6 Å². The molecule has 1 unspecified atom stereocenters. The molecule has 1 atom stereocenters. The smallest absolute Gasteiger partial charge is 0.206 e. The summed E-state index contributed by atoms with van der Waals surface area (Å²) in [5.74, 6) is 0.873. The van der Waals surface area contributed by atoms with Gasteiger partial charge in [0.2, 0.25) is 5.95 Å². The van der Waals surface area contributed by atoms with E-state index >= 15 is 0 Å². The molecule has 7 heteroatoms. The molecule has 0 bridgehead atoms. The standard InChI is InChI=1S/C20H24BrN5O/c1-14(16-6-4-8-19(21)24-16)27-13-26-18-7-3-2-5-17(18)25-20(26)23-15-9-11-22-12-10-15/h2-8,14-15,22H,9-13H2,1H3,(H,23,25). The number of imidazole rings is 1. The van der Waals surface area contributed by atoms with Crippen LogP contribution in [0.3, 0.4) is 0 Å². The summed E-state index contributed by atoms with van der Waals surface area (Å²) < 4.78 is 9.09. The number of hydrogen-bond acceptors (Lipinski definition) is 5. The molecule has 0 spiro atoms. The summed E-state index contributed by atoms with van der Waals surface area (Å²) in [5.41, 5.74) is 2.95. The minimum absolute atomic E-state index is 0.115. The predicted octanol–water partition coefficient (Wildman–Crippen LogP) is 4.09. The summed E-state index contributed by atoms with van der Waals surface area (Å²) in [6.45, 7) is 4.52. The van der Waals surface area contributed by atoms with Crippen molar-refractivity contribution in [2.45, 2.75) is 38.6 Å². The Morgan fingerprint density at radius 2 is 2.00 bits per heavy atom. The fourth-order valence-corrected chi connectivity index (χ4v) is 3.74. The second kappa shape index (κ2) is 8.37. The summed E-state index contributed by atoms with van der Waals surface area (Å²) in [4.78, 5) is 9.30. The fourth-order valence-electron chi connectivity index (χ4n) is 3.39. The van der Waals surface area contributed by atoms with Gasteiger partial charge in [0, 0.05) is 6.04 Å². The van der Waals surface area contributed by atoms with Crippen molar-refractivity contribution in [3.8, 4) is 0 Å². The van der Waals surface area contributed by atoms with Crippen molar-refractivity contribution in [3.63, 3.8) is 0 Å². The molecule has 1 aliphatic rings. The second-order valence-electron chi connectivity index (χ2n) is 6.84. The quantitative estimate of drug-likeness (QED) is 0.577. The zero-order valence-electron chi connectivity index (χ0n) is 15.4. The second-order valence-corrected chi connectivity index (χ2v) is 7.66. The lowest BCUT2D eigenvalue weighted by Gasteiger charge is -2.24. The van der Waals surface area contributed by atoms with E-state index in [-0.39, 0.29) is 6.10 Å². The minimum atomic E-state index is -0.115. The number of ether oxygens (including phenoxy) is 1. The topological polar surface area (TPSA) is 64.0 Å². The number of pyridine rings is 1. The Bertz CT molecular complexity index is 906. The van der Waals surface area contributed by atoms with E-state index in [1.165, 1.54) is 0 Å². The first-order chi connectivity index (χ1) is 13.2. The summed E-state index contributed by atoms with van der Waals surface area (Å²) in [6, 6.07) is 14.5. The van der Waals surface area contributed by atoms with Gasteiger partial charge in [0.15, 0.2) is 0 Å². The van der Waals surface area contributed by atoms with Gasteiger partial charge < -0.3 is 15.4 Å². The summed E-state index contributed by atoms with van der Waals surface area (Å²) in [5, 5.41) is 7.02. The highest BCUT2D eigenvalue weighted by molar-refractivity contribution is 9.10. The highest BCUT2D eigenvalue weighted by Gasteiger charge is 2.18. The Hall–Kier alpha value is -1.96. The van der Waals surface area contributed by atoms with Crippen molar-refractivity contribution in [2.75, 3.05) is 18.4 Å². The van der Waals surface area contributed by atoms with Gasteiger partial charge in [-0.2, -0.15) is 0 Å². The zero-order chi connectivity index (χ0) is 18.6. The number of rotatable bonds is 6. The maximum Gasteiger partial charge on any atom is 0.206 e. The van der Waals surface area contributed by atoms with E-state index in [2.05, 4.69) is 42.2 Å². The van der Waals surface area contributed by atoms with E-state index in [1.54, 1.807) is 0 Å². The third kappa shape index (κ3) is 4.31. The van der Waals surface area contributed by atoms with E-state index in [0.717, 1.165) is 53.2 Å². The van der Waals surface area contributed by atoms with Gasteiger partial charge in [0.25, 0.3) is 0 Å². The molecule has 27 heavy (non-hydrogen) atoms. The highest BCUT2D eigenvalue weighted by atomic mass is 79.9. The zero-order valence-corrected chi connectivity index (χ0v) is 16.9. The number of aromatic nitrogens is 3. The van der Waals surface area contributed by atoms with Crippen LogP contribution in [0.5, 0.6) is 0 Å². The first kappa shape index (κ1) is 18.4. The van der Waals surface area contributed by atoms with Crippen molar-refractivity contribution >= 4 is 32.9 Å². The molecule has 0 radical (unpaired) electrons. The van der Waals surface area contributed by atoms with Crippen LogP contribution in [0, 0.1) is 0 Å². The van der Waals surface area contributed by atoms with E-state index in [4.69, 9.17) is 9.72 Å². The molecular weight excluding hydrogens is 406 g/mol. The SMILES string of the molecule is CC(OCn1c(NC2CCNCC2)nc2ccccc21)c1cccc(Br)n1. The first-order valence-electron chi connectivity index (χ1n) is 9.37. The lowest BCUT2D eigenvalue weighted by molar-refractivity contribution is 0.0171. The molecule has 1 aliphatic heterocycles. The van der Waals surface area contributed by atoms with E-state index in [9.17, 15) is 0 Å². The molecule has 1 aromatic carbocycles. The number of nitrogens with one attached hydrogen (secondary N) is 2. The molecule has 0 aliphatic carbocycles. The van der Waals surface area contributed by atoms with Gasteiger partial charge >= 0.3 is 0 Å². The molecule has 2 N–H and O–H groups in total. The third-order valence-electron chi connectivity index (χ3n) is 4.93. The largest absolute Gasteiger partial charge is 0.353 e. The first-order valence-corrected chi connectivity index (χ1v) is 10.2. The monoisotopic (exact) mass is 429 g/mol. The van der Waals surface area contributed by atoms with Crippen molar-refractivity contribution in [2.24, 2.45) is 0 Å². The molecule has 3 aromatic rings. The third-order valence-corrected chi connectivity index (χ3v) is 5.38. The Labute approximate surface area is 167 Å². The number of hydrogen-bond donors (Lipinski definition) is 2. The van der Waals surface area contributed by atoms with Crippen LogP contribution in [0.1, 0.15) is 31.6 Å². The minimum Gasteiger partial charge on any atom is -0.353 e. The molecule has 142 valence electrons. The average Bonchev–Trinajstić information content (AvgIpc) is 3.04. The van der Waals surface area contributed by atoms with Gasteiger partial charge in [-0.15, -0.1) is 0 Å². The maximum atomic E-state index is 6.15. The van der Waals surface area contributed by atoms with Crippen LogP contribution in [0.25, 0.3) is 11.0 Å². The molecule has 6 nitrogen and oxygen atoms in total. The van der Waals surface area contributed by atoms with Crippen molar-refractivity contribution < 1.29 is 4.74 Å². The van der Waals surface area contributed by atoms with Gasteiger partial charge in [-0.25, -0.2) is 9.97 Å². The number of anilines is 1. The molecule has 1 fully saturated rings. The van der Waals surface area contributed by atoms with E-state index < -0.39 is 0 Å². The number of para-hydroxylation sites is 2. The fraction of sp³-hybridized carbons (Fsp3) is 0.400.